The number of amides is 2. The Labute approximate surface area is 127 Å². The van der Waals surface area contributed by atoms with Crippen LogP contribution in [0.3, 0.4) is 0 Å². The van der Waals surface area contributed by atoms with Gasteiger partial charge < -0.3 is 19.4 Å². The number of hydrogen-bond donors (Lipinski definition) is 1. The van der Waals surface area contributed by atoms with E-state index in [4.69, 9.17) is 9.15 Å². The number of nitrogens with one attached hydrogen (secondary N) is 1. The van der Waals surface area contributed by atoms with Crippen molar-refractivity contribution in [2.24, 2.45) is 0 Å². The number of furan rings is 1. The number of para-hydroxylation sites is 1. The molecule has 6 nitrogen and oxygen atoms in total. The first-order chi connectivity index (χ1) is 10.6. The molecule has 0 bridgehead atoms. The highest BCUT2D eigenvalue weighted by atomic mass is 16.6. The topological polar surface area (TPSA) is 71.8 Å². The summed E-state index contributed by atoms with van der Waals surface area (Å²) in [6, 6.07) is 12.1. The molecular formula is C16H16N2O4. The fraction of sp³-hybridized carbons (Fsp3) is 0.250. The molecule has 0 spiro atoms. The molecule has 1 atom stereocenters. The number of benzene rings is 1. The summed E-state index contributed by atoms with van der Waals surface area (Å²) in [7, 11) is 1.72. The highest BCUT2D eigenvalue weighted by Gasteiger charge is 2.28. The lowest BCUT2D eigenvalue weighted by atomic mass is 10.2. The molecule has 1 fully saturated rings. The second kappa shape index (κ2) is 5.93. The van der Waals surface area contributed by atoms with Gasteiger partial charge in [-0.15, -0.1) is 0 Å². The molecule has 1 aromatic carbocycles. The van der Waals surface area contributed by atoms with Gasteiger partial charge in [0.05, 0.1) is 6.04 Å². The zero-order chi connectivity index (χ0) is 15.5. The lowest BCUT2D eigenvalue weighted by Gasteiger charge is -2.11. The summed E-state index contributed by atoms with van der Waals surface area (Å²) in [4.78, 5) is 25.1. The molecule has 22 heavy (non-hydrogen) atoms. The highest BCUT2D eigenvalue weighted by Crippen LogP contribution is 2.23. The molecular weight excluding hydrogens is 284 g/mol. The van der Waals surface area contributed by atoms with Gasteiger partial charge >= 0.3 is 0 Å². The van der Waals surface area contributed by atoms with E-state index in [-0.39, 0.29) is 29.6 Å². The molecule has 1 aliphatic heterocycles. The van der Waals surface area contributed by atoms with Crippen molar-refractivity contribution in [1.29, 1.82) is 0 Å². The number of carbonyl (C=O) groups excluding carboxylic acids is 2. The molecule has 114 valence electrons. The summed E-state index contributed by atoms with van der Waals surface area (Å²) in [6.07, 6.45) is 0.316. The van der Waals surface area contributed by atoms with Crippen LogP contribution in [-0.2, 0) is 4.79 Å². The van der Waals surface area contributed by atoms with Crippen molar-refractivity contribution in [2.75, 3.05) is 13.6 Å². The number of likely N-dealkylation sites (N-methyl/N-ethyl adjacent to an activating group) is 1. The molecule has 1 aliphatic rings. The van der Waals surface area contributed by atoms with Gasteiger partial charge in [-0.25, -0.2) is 0 Å². The summed E-state index contributed by atoms with van der Waals surface area (Å²) in [5.74, 6) is 0.713. The van der Waals surface area contributed by atoms with Crippen molar-refractivity contribution in [3.8, 4) is 11.7 Å². The van der Waals surface area contributed by atoms with Crippen molar-refractivity contribution in [1.82, 2.24) is 10.2 Å². The van der Waals surface area contributed by atoms with Crippen LogP contribution in [0, 0.1) is 0 Å². The average molecular weight is 300 g/mol. The van der Waals surface area contributed by atoms with E-state index >= 15 is 0 Å². The Hall–Kier alpha value is -2.76. The van der Waals surface area contributed by atoms with E-state index in [2.05, 4.69) is 5.32 Å². The first-order valence-corrected chi connectivity index (χ1v) is 6.99. The van der Waals surface area contributed by atoms with Gasteiger partial charge in [0.2, 0.25) is 5.91 Å². The maximum Gasteiger partial charge on any atom is 0.290 e. The van der Waals surface area contributed by atoms with Crippen LogP contribution in [0.4, 0.5) is 0 Å². The zero-order valence-corrected chi connectivity index (χ0v) is 12.1. The maximum absolute atomic E-state index is 12.1. The molecule has 0 unspecified atom stereocenters. The Morgan fingerprint density at radius 1 is 1.27 bits per heavy atom. The lowest BCUT2D eigenvalue weighted by molar-refractivity contribution is -0.126. The van der Waals surface area contributed by atoms with Gasteiger partial charge in [-0.1, -0.05) is 18.2 Å². The standard InChI is InChI=1S/C16H16N2O4/c1-18-10-11(9-14(18)19)17-16(20)13-7-8-15(22-13)21-12-5-3-2-4-6-12/h2-8,11H,9-10H2,1H3,(H,17,20)/t11-/m0/s1. The third kappa shape index (κ3) is 3.11. The molecule has 3 rings (SSSR count). The Bertz CT molecular complexity index is 680. The molecule has 2 aromatic rings. The van der Waals surface area contributed by atoms with Crippen LogP contribution < -0.4 is 10.1 Å². The highest BCUT2D eigenvalue weighted by molar-refractivity contribution is 5.92. The number of carbonyl (C=O) groups is 2. The van der Waals surface area contributed by atoms with Crippen LogP contribution in [0.1, 0.15) is 17.0 Å². The summed E-state index contributed by atoms with van der Waals surface area (Å²) in [5, 5.41) is 2.78. The first kappa shape index (κ1) is 14.2. The summed E-state index contributed by atoms with van der Waals surface area (Å²) in [6.45, 7) is 0.513. The molecule has 2 heterocycles. The fourth-order valence-electron chi connectivity index (χ4n) is 2.32. The second-order valence-corrected chi connectivity index (χ2v) is 5.18. The molecule has 6 heteroatoms. The number of ether oxygens (including phenoxy) is 1. The second-order valence-electron chi connectivity index (χ2n) is 5.18. The predicted molar refractivity (Wildman–Crippen MR) is 78.7 cm³/mol. The normalized spacial score (nSPS) is 17.6. The Morgan fingerprint density at radius 2 is 2.05 bits per heavy atom. The van der Waals surface area contributed by atoms with Gasteiger partial charge in [-0.05, 0) is 18.2 Å². The first-order valence-electron chi connectivity index (χ1n) is 6.99. The third-order valence-electron chi connectivity index (χ3n) is 3.44. The van der Waals surface area contributed by atoms with Gasteiger partial charge in [-0.2, -0.15) is 0 Å². The molecule has 1 saturated heterocycles. The van der Waals surface area contributed by atoms with E-state index in [1.165, 1.54) is 0 Å². The predicted octanol–water partition coefficient (Wildman–Crippen LogP) is 2.03. The van der Waals surface area contributed by atoms with E-state index in [1.807, 2.05) is 18.2 Å². The van der Waals surface area contributed by atoms with Crippen molar-refractivity contribution in [3.05, 3.63) is 48.2 Å². The van der Waals surface area contributed by atoms with Crippen LogP contribution >= 0.6 is 0 Å². The van der Waals surface area contributed by atoms with Crippen LogP contribution in [0.2, 0.25) is 0 Å². The van der Waals surface area contributed by atoms with E-state index in [9.17, 15) is 9.59 Å². The molecule has 0 radical (unpaired) electrons. The van der Waals surface area contributed by atoms with Gasteiger partial charge in [0, 0.05) is 26.1 Å². The molecule has 1 N–H and O–H groups in total. The van der Waals surface area contributed by atoms with E-state index < -0.39 is 0 Å². The van der Waals surface area contributed by atoms with Gasteiger partial charge in [0.15, 0.2) is 5.76 Å². The number of nitrogens with zero attached hydrogens (tertiary/aromatic N) is 1. The fourth-order valence-corrected chi connectivity index (χ4v) is 2.32. The summed E-state index contributed by atoms with van der Waals surface area (Å²) >= 11 is 0. The van der Waals surface area contributed by atoms with Crippen LogP contribution in [-0.4, -0.2) is 36.3 Å². The maximum atomic E-state index is 12.1. The Kier molecular flexibility index (Phi) is 3.82. The van der Waals surface area contributed by atoms with E-state index in [0.29, 0.717) is 18.7 Å². The summed E-state index contributed by atoms with van der Waals surface area (Å²) < 4.78 is 10.9. The van der Waals surface area contributed by atoms with Crippen LogP contribution in [0.15, 0.2) is 46.9 Å². The van der Waals surface area contributed by atoms with E-state index in [1.54, 1.807) is 36.2 Å². The van der Waals surface area contributed by atoms with Crippen molar-refractivity contribution in [2.45, 2.75) is 12.5 Å². The average Bonchev–Trinajstić information content (AvgIpc) is 3.08. The molecule has 0 aliphatic carbocycles. The number of likely N-dealkylation sites (tertiary alicyclic amines) is 1. The largest absolute Gasteiger partial charge is 0.426 e. The molecule has 0 saturated carbocycles. The van der Waals surface area contributed by atoms with Crippen molar-refractivity contribution in [3.63, 3.8) is 0 Å². The van der Waals surface area contributed by atoms with Crippen LogP contribution in [0.25, 0.3) is 0 Å². The minimum atomic E-state index is -0.351. The minimum absolute atomic E-state index is 0.0258. The number of rotatable bonds is 4. The monoisotopic (exact) mass is 300 g/mol. The quantitative estimate of drug-likeness (QED) is 0.938. The SMILES string of the molecule is CN1C[C@@H](NC(=O)c2ccc(Oc3ccccc3)o2)CC1=O. The van der Waals surface area contributed by atoms with E-state index in [0.717, 1.165) is 0 Å². The molecule has 1 aromatic heterocycles. The van der Waals surface area contributed by atoms with Crippen molar-refractivity contribution < 1.29 is 18.7 Å². The van der Waals surface area contributed by atoms with Gasteiger partial charge in [0.1, 0.15) is 5.75 Å². The van der Waals surface area contributed by atoms with Gasteiger partial charge in [0.25, 0.3) is 11.9 Å². The third-order valence-corrected chi connectivity index (χ3v) is 3.44. The smallest absolute Gasteiger partial charge is 0.290 e. The molecule has 2 amide bonds. The minimum Gasteiger partial charge on any atom is -0.426 e. The summed E-state index contributed by atoms with van der Waals surface area (Å²) in [5.41, 5.74) is 0. The van der Waals surface area contributed by atoms with Crippen LogP contribution in [0.5, 0.6) is 11.7 Å². The lowest BCUT2D eigenvalue weighted by Crippen LogP contribution is -2.36. The zero-order valence-electron chi connectivity index (χ0n) is 12.1. The Morgan fingerprint density at radius 3 is 2.73 bits per heavy atom. The van der Waals surface area contributed by atoms with Crippen molar-refractivity contribution >= 4 is 11.8 Å². The Balaban J connectivity index is 1.61. The van der Waals surface area contributed by atoms with Gasteiger partial charge in [-0.3, -0.25) is 9.59 Å². The number of hydrogen-bond acceptors (Lipinski definition) is 4.